The van der Waals surface area contributed by atoms with E-state index in [1.54, 1.807) is 0 Å². The molecule has 1 aromatic rings. The molecule has 1 aliphatic heterocycles. The monoisotopic (exact) mass is 317 g/mol. The van der Waals surface area contributed by atoms with Crippen molar-refractivity contribution in [1.29, 1.82) is 0 Å². The van der Waals surface area contributed by atoms with Gasteiger partial charge in [0.2, 0.25) is 0 Å². The number of benzene rings is 1. The number of β-amino-alcohol motifs (C(OH)–C–C–N with tert-alkyl or cyclic N) is 1. The van der Waals surface area contributed by atoms with Crippen LogP contribution in [-0.4, -0.2) is 53.0 Å². The maximum absolute atomic E-state index is 12.1. The van der Waals surface area contributed by atoms with Gasteiger partial charge in [-0.15, -0.1) is 0 Å². The van der Waals surface area contributed by atoms with Crippen molar-refractivity contribution < 1.29 is 14.7 Å². The molecule has 0 saturated heterocycles. The van der Waals surface area contributed by atoms with E-state index >= 15 is 0 Å². The van der Waals surface area contributed by atoms with Gasteiger partial charge in [-0.3, -0.25) is 19.4 Å². The zero-order valence-electron chi connectivity index (χ0n) is 13.6. The summed E-state index contributed by atoms with van der Waals surface area (Å²) in [4.78, 5) is 27.2. The number of imide groups is 1. The average Bonchev–Trinajstić information content (AvgIpc) is 2.81. The van der Waals surface area contributed by atoms with Gasteiger partial charge in [-0.1, -0.05) is 26.0 Å². The van der Waals surface area contributed by atoms with E-state index in [1.165, 1.54) is 6.08 Å². The van der Waals surface area contributed by atoms with E-state index in [0.29, 0.717) is 0 Å². The predicted octanol–water partition coefficient (Wildman–Crippen LogP) is 1.19. The first-order chi connectivity index (χ1) is 11.1. The molecule has 6 heteroatoms. The highest BCUT2D eigenvalue weighted by atomic mass is 16.3. The van der Waals surface area contributed by atoms with Gasteiger partial charge < -0.3 is 10.4 Å². The molecule has 2 amide bonds. The van der Waals surface area contributed by atoms with Crippen molar-refractivity contribution in [3.63, 3.8) is 0 Å². The van der Waals surface area contributed by atoms with Crippen molar-refractivity contribution in [1.82, 2.24) is 9.80 Å². The molecule has 0 fully saturated rings. The third-order valence-corrected chi connectivity index (χ3v) is 3.84. The van der Waals surface area contributed by atoms with E-state index in [4.69, 9.17) is 5.11 Å². The Hall–Kier alpha value is -2.18. The third-order valence-electron chi connectivity index (χ3n) is 3.84. The maximum atomic E-state index is 12.1. The van der Waals surface area contributed by atoms with Gasteiger partial charge in [-0.2, -0.15) is 0 Å². The minimum atomic E-state index is -0.404. The summed E-state index contributed by atoms with van der Waals surface area (Å²) in [5, 5.41) is 11.9. The number of aliphatic hydroxyl groups is 1. The molecule has 0 aromatic heterocycles. The molecular weight excluding hydrogens is 294 g/mol. The Kier molecular flexibility index (Phi) is 5.90. The van der Waals surface area contributed by atoms with Crippen LogP contribution < -0.4 is 5.32 Å². The summed E-state index contributed by atoms with van der Waals surface area (Å²) in [5.74, 6) is -0.802. The number of hydrogen-bond donors (Lipinski definition) is 2. The summed E-state index contributed by atoms with van der Waals surface area (Å²) in [7, 11) is 0. The van der Waals surface area contributed by atoms with Crippen LogP contribution in [0.1, 0.15) is 19.4 Å². The second kappa shape index (κ2) is 7.89. The SMILES string of the molecule is CCN(CC)Cc1cccc(NC2=CC(=O)N(CCO)C2=O)c1. The lowest BCUT2D eigenvalue weighted by Gasteiger charge is -2.18. The lowest BCUT2D eigenvalue weighted by molar-refractivity contribution is -0.137. The van der Waals surface area contributed by atoms with Crippen LogP contribution in [0.5, 0.6) is 0 Å². The standard InChI is InChI=1S/C17H23N3O3/c1-3-19(4-2)12-13-6-5-7-14(10-13)18-15-11-16(22)20(8-9-21)17(15)23/h5-7,10-11,18,21H,3-4,8-9,12H2,1-2H3. The molecule has 0 aliphatic carbocycles. The molecule has 1 aliphatic rings. The molecule has 1 aromatic carbocycles. The summed E-state index contributed by atoms with van der Waals surface area (Å²) in [6.45, 7) is 6.80. The first-order valence-corrected chi connectivity index (χ1v) is 7.85. The first-order valence-electron chi connectivity index (χ1n) is 7.85. The predicted molar refractivity (Wildman–Crippen MR) is 88.6 cm³/mol. The summed E-state index contributed by atoms with van der Waals surface area (Å²) >= 11 is 0. The molecule has 2 N–H and O–H groups in total. The lowest BCUT2D eigenvalue weighted by Crippen LogP contribution is -2.34. The van der Waals surface area contributed by atoms with Crippen LogP contribution in [0.15, 0.2) is 36.0 Å². The van der Waals surface area contributed by atoms with Gasteiger partial charge in [0.15, 0.2) is 0 Å². The van der Waals surface area contributed by atoms with E-state index in [-0.39, 0.29) is 18.8 Å². The zero-order valence-corrected chi connectivity index (χ0v) is 13.6. The van der Waals surface area contributed by atoms with Crippen molar-refractivity contribution in [2.24, 2.45) is 0 Å². The Labute approximate surface area is 136 Å². The van der Waals surface area contributed by atoms with Crippen molar-refractivity contribution >= 4 is 17.5 Å². The van der Waals surface area contributed by atoms with Gasteiger partial charge in [-0.25, -0.2) is 0 Å². The molecule has 0 unspecified atom stereocenters. The highest BCUT2D eigenvalue weighted by Gasteiger charge is 2.30. The van der Waals surface area contributed by atoms with Gasteiger partial charge in [0.05, 0.1) is 13.2 Å². The number of hydrogen-bond acceptors (Lipinski definition) is 5. The highest BCUT2D eigenvalue weighted by molar-refractivity contribution is 6.17. The Bertz CT molecular complexity index is 609. The second-order valence-electron chi connectivity index (χ2n) is 5.36. The maximum Gasteiger partial charge on any atom is 0.277 e. The number of carbonyl (C=O) groups excluding carboxylic acids is 2. The molecule has 6 nitrogen and oxygen atoms in total. The number of carbonyl (C=O) groups is 2. The molecule has 23 heavy (non-hydrogen) atoms. The molecule has 0 bridgehead atoms. The van der Waals surface area contributed by atoms with Gasteiger partial charge in [0.1, 0.15) is 5.70 Å². The minimum Gasteiger partial charge on any atom is -0.395 e. The first kappa shape index (κ1) is 17.2. The van der Waals surface area contributed by atoms with E-state index in [0.717, 1.165) is 35.8 Å². The fourth-order valence-electron chi connectivity index (χ4n) is 2.52. The van der Waals surface area contributed by atoms with Gasteiger partial charge in [-0.05, 0) is 30.8 Å². The van der Waals surface area contributed by atoms with Crippen LogP contribution in [0, 0.1) is 0 Å². The Morgan fingerprint density at radius 2 is 1.96 bits per heavy atom. The summed E-state index contributed by atoms with van der Waals surface area (Å²) in [6, 6.07) is 7.80. The van der Waals surface area contributed by atoms with E-state index < -0.39 is 11.8 Å². The number of amides is 2. The van der Waals surface area contributed by atoms with Gasteiger partial charge in [0.25, 0.3) is 11.8 Å². The highest BCUT2D eigenvalue weighted by Crippen LogP contribution is 2.18. The molecule has 0 spiro atoms. The number of anilines is 1. The largest absolute Gasteiger partial charge is 0.395 e. The van der Waals surface area contributed by atoms with E-state index in [1.807, 2.05) is 24.3 Å². The van der Waals surface area contributed by atoms with Crippen LogP contribution >= 0.6 is 0 Å². The second-order valence-corrected chi connectivity index (χ2v) is 5.36. The number of nitrogens with one attached hydrogen (secondary N) is 1. The molecule has 124 valence electrons. The Morgan fingerprint density at radius 3 is 2.61 bits per heavy atom. The molecule has 0 radical (unpaired) electrons. The van der Waals surface area contributed by atoms with Crippen LogP contribution in [0.2, 0.25) is 0 Å². The number of nitrogens with zero attached hydrogens (tertiary/aromatic N) is 2. The minimum absolute atomic E-state index is 0.0152. The van der Waals surface area contributed by atoms with Gasteiger partial charge >= 0.3 is 0 Å². The fraction of sp³-hybridized carbons (Fsp3) is 0.412. The van der Waals surface area contributed by atoms with E-state index in [2.05, 4.69) is 24.1 Å². The Morgan fingerprint density at radius 1 is 1.22 bits per heavy atom. The van der Waals surface area contributed by atoms with Crippen molar-refractivity contribution in [2.45, 2.75) is 20.4 Å². The van der Waals surface area contributed by atoms with Crippen LogP contribution in [0.3, 0.4) is 0 Å². The summed E-state index contributed by atoms with van der Waals surface area (Å²) in [5.41, 5.74) is 2.15. The lowest BCUT2D eigenvalue weighted by atomic mass is 10.2. The quantitative estimate of drug-likeness (QED) is 0.705. The van der Waals surface area contributed by atoms with E-state index in [9.17, 15) is 9.59 Å². The summed E-state index contributed by atoms with van der Waals surface area (Å²) < 4.78 is 0. The average molecular weight is 317 g/mol. The van der Waals surface area contributed by atoms with Crippen LogP contribution in [0.4, 0.5) is 5.69 Å². The topological polar surface area (TPSA) is 72.9 Å². The third kappa shape index (κ3) is 4.18. The fourth-order valence-corrected chi connectivity index (χ4v) is 2.52. The van der Waals surface area contributed by atoms with Crippen molar-refractivity contribution in [2.75, 3.05) is 31.6 Å². The van der Waals surface area contributed by atoms with Gasteiger partial charge in [0, 0.05) is 18.3 Å². The van der Waals surface area contributed by atoms with Crippen molar-refractivity contribution in [3.05, 3.63) is 41.6 Å². The molecule has 2 rings (SSSR count). The Balaban J connectivity index is 2.08. The van der Waals surface area contributed by atoms with Crippen LogP contribution in [-0.2, 0) is 16.1 Å². The molecular formula is C17H23N3O3. The van der Waals surface area contributed by atoms with Crippen molar-refractivity contribution in [3.8, 4) is 0 Å². The molecule has 0 atom stereocenters. The number of aliphatic hydroxyl groups excluding tert-OH is 1. The number of rotatable bonds is 8. The van der Waals surface area contributed by atoms with Crippen LogP contribution in [0.25, 0.3) is 0 Å². The smallest absolute Gasteiger partial charge is 0.277 e. The molecule has 0 saturated carbocycles. The normalized spacial score (nSPS) is 14.6. The molecule has 1 heterocycles. The summed E-state index contributed by atoms with van der Waals surface area (Å²) in [6.07, 6.45) is 1.27. The zero-order chi connectivity index (χ0) is 16.8.